The lowest BCUT2D eigenvalue weighted by molar-refractivity contribution is 0.935. The standard InChI is InChI=1S/C13H12.C12H9N.C11H8N2.2C10H7N3.C10H9N3.C9H6N4.C9H8N4.C6H6.4CH4/c1-3-7-12(8-4-1)11-13-9-5-2-6-10-13;1-2-4-11-9(3-1)7-10-5-6-13-8-12(10)11;1-2-4-10-8(3-1)5-9-6-12-7-13-11(9)10;1-2-11-4-8-7(1)3-10-9(8)5-12-6-13-10;1-2-7-6-8-10(9(7)12-3-1)13-5-4-11-8;1-2-5-11-9(4-1)8-10-12-6-3-7-13-10;1-6-2-10-4-12-8(6)9-7(1)3-11-5-13-9;1(8-2-10-6-11-3-8)9-4-12-7-13-5-9;1-2-4-6-5-3-1;;;;/h1-10H,11H2;1-6,8H,7H2;1-4,6-7H,5H2;1-2,4-6H,3H2;1-5H,6H2;1-7H,8H2;2-5H,1H2;2-7H,1H2;1-6H;4*1H4. The van der Waals surface area contributed by atoms with Gasteiger partial charge in [0.2, 0.25) is 0 Å². The van der Waals surface area contributed by atoms with Crippen LogP contribution in [-0.2, 0) is 51.4 Å². The van der Waals surface area contributed by atoms with Crippen LogP contribution in [0.2, 0.25) is 0 Å². The Hall–Kier alpha value is -14.7. The van der Waals surface area contributed by atoms with E-state index in [1.807, 2.05) is 122 Å². The molecule has 0 unspecified atom stereocenters. The van der Waals surface area contributed by atoms with Crippen molar-refractivity contribution < 1.29 is 0 Å². The maximum absolute atomic E-state index is 4.30. The molecule has 22 rings (SSSR count). The van der Waals surface area contributed by atoms with Crippen molar-refractivity contribution in [2.45, 2.75) is 81.1 Å². The zero-order chi connectivity index (χ0) is 74.4. The zero-order valence-electron chi connectivity index (χ0n) is 59.9. The summed E-state index contributed by atoms with van der Waals surface area (Å²) in [5.41, 5.74) is 29.4. The van der Waals surface area contributed by atoms with E-state index in [0.717, 1.165) is 124 Å². The van der Waals surface area contributed by atoms with E-state index in [9.17, 15) is 0 Å². The Morgan fingerprint density at radius 1 is 0.193 bits per heavy atom. The molecule has 0 spiro atoms. The minimum Gasteiger partial charge on any atom is -0.264 e. The molecule has 0 bridgehead atoms. The van der Waals surface area contributed by atoms with Crippen LogP contribution in [0.25, 0.3) is 56.3 Å². The number of hydrogen-bond donors (Lipinski definition) is 0. The molecule has 0 amide bonds. The Bertz CT molecular complexity index is 4650. The second kappa shape index (κ2) is 42.9. The first kappa shape index (κ1) is 81.8. The molecule has 0 radical (unpaired) electrons. The van der Waals surface area contributed by atoms with Gasteiger partial charge < -0.3 is 0 Å². The highest BCUT2D eigenvalue weighted by molar-refractivity contribution is 5.76. The molecule has 12 heterocycles. The van der Waals surface area contributed by atoms with E-state index in [4.69, 9.17) is 0 Å². The second-order valence-corrected chi connectivity index (χ2v) is 25.3. The molecule has 5 aliphatic carbocycles. The van der Waals surface area contributed by atoms with Crippen LogP contribution in [0, 0.1) is 0 Å². The van der Waals surface area contributed by atoms with Gasteiger partial charge >= 0.3 is 0 Å². The molecule has 564 valence electrons. The summed E-state index contributed by atoms with van der Waals surface area (Å²) in [6.07, 6.45) is 49.1. The van der Waals surface area contributed by atoms with Crippen molar-refractivity contribution in [3.8, 4) is 56.3 Å². The summed E-state index contributed by atoms with van der Waals surface area (Å²) in [6.45, 7) is 0. The molecule has 17 aromatic rings. The molecule has 0 saturated heterocycles. The topological polar surface area (TPSA) is 258 Å². The number of rotatable bonds is 6. The molecule has 20 nitrogen and oxygen atoms in total. The SMILES string of the molecule is C.C.C.C.c1cc2c(cn1)-c1cncnc1C2.c1ccc(Cc2ccccc2)cc1.c1ccc(Cc2ncccn2)nc1.c1ccc2c(c1)Cc1ccncc1-2.c1ccc2c(c1)Cc1cncnc1-2.c1ccccc1.c1cnc2c(c1)Cc1nccnc1-2.c1ncc(Cc2cncnc2)cn1.c1ncc2c(n1)-c1ncncc1C2. The van der Waals surface area contributed by atoms with Gasteiger partial charge in [-0.25, -0.2) is 69.8 Å². The summed E-state index contributed by atoms with van der Waals surface area (Å²) < 4.78 is 0. The number of benzene rings is 5. The first-order valence-corrected chi connectivity index (χ1v) is 35.7. The van der Waals surface area contributed by atoms with Gasteiger partial charge in [0, 0.05) is 195 Å². The highest BCUT2D eigenvalue weighted by atomic mass is 14.9. The number of fused-ring (bicyclic) bond motifs is 15. The minimum absolute atomic E-state index is 0. The molecule has 5 aliphatic rings. The predicted molar refractivity (Wildman–Crippen MR) is 450 cm³/mol. The number of nitrogens with zero attached hydrogens (tertiary/aromatic N) is 20. The Morgan fingerprint density at radius 2 is 0.596 bits per heavy atom. The van der Waals surface area contributed by atoms with Crippen LogP contribution < -0.4 is 0 Å². The van der Waals surface area contributed by atoms with Crippen LogP contribution >= 0.6 is 0 Å². The van der Waals surface area contributed by atoms with Crippen LogP contribution in [-0.4, -0.2) is 99.7 Å². The van der Waals surface area contributed by atoms with Gasteiger partial charge in [-0.15, -0.1) is 0 Å². The average Bonchev–Trinajstić information content (AvgIpc) is 1.68. The molecule has 0 N–H and O–H groups in total. The van der Waals surface area contributed by atoms with Gasteiger partial charge in [0.25, 0.3) is 0 Å². The maximum Gasteiger partial charge on any atom is 0.134 e. The highest BCUT2D eigenvalue weighted by Crippen LogP contribution is 2.37. The summed E-state index contributed by atoms with van der Waals surface area (Å²) >= 11 is 0. The van der Waals surface area contributed by atoms with Crippen LogP contribution in [0.15, 0.2) is 344 Å². The van der Waals surface area contributed by atoms with Crippen molar-refractivity contribution in [3.05, 3.63) is 433 Å². The minimum atomic E-state index is 0. The van der Waals surface area contributed by atoms with Gasteiger partial charge in [-0.1, -0.05) is 187 Å². The number of pyridine rings is 4. The first-order chi connectivity index (χ1) is 54.6. The fourth-order valence-corrected chi connectivity index (χ4v) is 12.8. The molecular weight excluding hydrogens is 1410 g/mol. The Balaban J connectivity index is 0.000000136. The molecule has 0 aliphatic heterocycles. The van der Waals surface area contributed by atoms with E-state index < -0.39 is 0 Å². The van der Waals surface area contributed by atoms with Crippen LogP contribution in [0.5, 0.6) is 0 Å². The van der Waals surface area contributed by atoms with Crippen LogP contribution in [0.3, 0.4) is 0 Å². The third-order valence-electron chi connectivity index (χ3n) is 17.9. The van der Waals surface area contributed by atoms with E-state index >= 15 is 0 Å². The zero-order valence-corrected chi connectivity index (χ0v) is 59.9. The van der Waals surface area contributed by atoms with Crippen molar-refractivity contribution in [1.82, 2.24) is 99.7 Å². The molecule has 5 aromatic carbocycles. The second-order valence-electron chi connectivity index (χ2n) is 25.3. The van der Waals surface area contributed by atoms with Crippen molar-refractivity contribution >= 4 is 0 Å². The van der Waals surface area contributed by atoms with E-state index in [1.54, 1.807) is 87.3 Å². The normalized spacial score (nSPS) is 10.8. The van der Waals surface area contributed by atoms with Crippen LogP contribution in [0.4, 0.5) is 0 Å². The van der Waals surface area contributed by atoms with Gasteiger partial charge in [0.1, 0.15) is 49.5 Å². The van der Waals surface area contributed by atoms with Gasteiger partial charge in [-0.05, 0) is 105 Å². The van der Waals surface area contributed by atoms with Gasteiger partial charge in [0.05, 0.1) is 34.2 Å². The van der Waals surface area contributed by atoms with Gasteiger partial charge in [-0.3, -0.25) is 29.9 Å². The quantitative estimate of drug-likeness (QED) is 0.150. The Labute approximate surface area is 666 Å². The van der Waals surface area contributed by atoms with Crippen LogP contribution in [0.1, 0.15) is 119 Å². The smallest absolute Gasteiger partial charge is 0.134 e. The van der Waals surface area contributed by atoms with Crippen molar-refractivity contribution in [1.29, 1.82) is 0 Å². The van der Waals surface area contributed by atoms with Crippen molar-refractivity contribution in [2.75, 3.05) is 0 Å². The third kappa shape index (κ3) is 22.3. The summed E-state index contributed by atoms with van der Waals surface area (Å²) in [4.78, 5) is 82.2. The Morgan fingerprint density at radius 3 is 1.20 bits per heavy atom. The fourth-order valence-electron chi connectivity index (χ4n) is 12.8. The van der Waals surface area contributed by atoms with Gasteiger partial charge in [-0.2, -0.15) is 0 Å². The average molecular weight is 1500 g/mol. The summed E-state index contributed by atoms with van der Waals surface area (Å²) in [6, 6.07) is 65.8. The van der Waals surface area contributed by atoms with Gasteiger partial charge in [0.15, 0.2) is 0 Å². The molecule has 12 aromatic heterocycles. The first-order valence-electron chi connectivity index (χ1n) is 35.7. The molecular formula is C94H88N20. The fraction of sp³-hybridized carbons (Fsp3) is 0.128. The largest absolute Gasteiger partial charge is 0.264 e. The summed E-state index contributed by atoms with van der Waals surface area (Å²) in [7, 11) is 0. The lowest BCUT2D eigenvalue weighted by Crippen LogP contribution is -1.96. The lowest BCUT2D eigenvalue weighted by Gasteiger charge is -2.00. The summed E-state index contributed by atoms with van der Waals surface area (Å²) in [5, 5.41) is 0. The highest BCUT2D eigenvalue weighted by Gasteiger charge is 2.24. The third-order valence-corrected chi connectivity index (χ3v) is 17.9. The molecule has 0 saturated carbocycles. The molecule has 0 fully saturated rings. The molecule has 114 heavy (non-hydrogen) atoms. The number of hydrogen-bond acceptors (Lipinski definition) is 20. The van der Waals surface area contributed by atoms with E-state index in [1.165, 1.54) is 79.4 Å². The van der Waals surface area contributed by atoms with E-state index in [0.29, 0.717) is 6.42 Å². The molecule has 20 heteroatoms. The van der Waals surface area contributed by atoms with Crippen molar-refractivity contribution in [2.24, 2.45) is 0 Å². The van der Waals surface area contributed by atoms with Crippen molar-refractivity contribution in [3.63, 3.8) is 0 Å². The monoisotopic (exact) mass is 1500 g/mol. The Kier molecular flexibility index (Phi) is 30.8. The van der Waals surface area contributed by atoms with E-state index in [-0.39, 0.29) is 29.7 Å². The molecule has 0 atom stereocenters. The number of aromatic nitrogens is 20. The maximum atomic E-state index is 4.30. The van der Waals surface area contributed by atoms with E-state index in [2.05, 4.69) is 221 Å². The lowest BCUT2D eigenvalue weighted by atomic mass is 10.1. The predicted octanol–water partition coefficient (Wildman–Crippen LogP) is 18.3. The summed E-state index contributed by atoms with van der Waals surface area (Å²) in [5.74, 6) is 0.807.